The van der Waals surface area contributed by atoms with Gasteiger partial charge in [0.1, 0.15) is 11.5 Å². The Bertz CT molecular complexity index is 1580. The first kappa shape index (κ1) is 19.8. The molecule has 0 saturated heterocycles. The standard InChI is InChI=1S/C26H22FN5/c1-4-23-22(11-16(2)18-14-28-32(3)15-18)26(31-30-23)25-13-21-20(9-6-10-24(21)29-25)17-7-5-8-19(27)12-17/h4-15,29-30H,2H2,1,3H3/b22-11+,23-4+. The zero-order valence-electron chi connectivity index (χ0n) is 17.9. The topological polar surface area (TPSA) is 62.3 Å². The smallest absolute Gasteiger partial charge is 0.123 e. The fraction of sp³-hybridized carbons (Fsp3) is 0.0769. The van der Waals surface area contributed by atoms with Crippen LogP contribution in [-0.2, 0) is 7.05 Å². The summed E-state index contributed by atoms with van der Waals surface area (Å²) in [4.78, 5) is 3.48. The predicted octanol–water partition coefficient (Wildman–Crippen LogP) is 4.39. The van der Waals surface area contributed by atoms with E-state index in [2.05, 4.69) is 32.9 Å². The van der Waals surface area contributed by atoms with Crippen LogP contribution in [0.15, 0.2) is 67.5 Å². The Morgan fingerprint density at radius 1 is 1.16 bits per heavy atom. The Kier molecular flexibility index (Phi) is 4.82. The maximum atomic E-state index is 13.8. The van der Waals surface area contributed by atoms with E-state index in [4.69, 9.17) is 0 Å². The number of aryl methyl sites for hydroxylation is 1. The quantitative estimate of drug-likeness (QED) is 0.450. The molecule has 6 heteroatoms. The van der Waals surface area contributed by atoms with Crippen LogP contribution < -0.4 is 10.6 Å². The molecule has 0 saturated carbocycles. The average Bonchev–Trinajstić information content (AvgIpc) is 3.51. The lowest BCUT2D eigenvalue weighted by molar-refractivity contribution is 0.628. The predicted molar refractivity (Wildman–Crippen MR) is 127 cm³/mol. The van der Waals surface area contributed by atoms with Gasteiger partial charge in [0.05, 0.1) is 17.2 Å². The molecular weight excluding hydrogens is 401 g/mol. The van der Waals surface area contributed by atoms with Crippen LogP contribution in [0.2, 0.25) is 0 Å². The van der Waals surface area contributed by atoms with Gasteiger partial charge in [-0.15, -0.1) is 0 Å². The maximum absolute atomic E-state index is 13.8. The van der Waals surface area contributed by atoms with Gasteiger partial charge in [-0.25, -0.2) is 4.39 Å². The molecule has 5 aromatic rings. The van der Waals surface area contributed by atoms with Crippen molar-refractivity contribution < 1.29 is 4.39 Å². The lowest BCUT2D eigenvalue weighted by Gasteiger charge is -2.03. The number of benzene rings is 2. The van der Waals surface area contributed by atoms with Crippen LogP contribution in [0.5, 0.6) is 0 Å². The van der Waals surface area contributed by atoms with Crippen LogP contribution in [0.4, 0.5) is 4.39 Å². The number of rotatable bonds is 4. The van der Waals surface area contributed by atoms with Gasteiger partial charge in [-0.2, -0.15) is 10.2 Å². The molecule has 3 aromatic heterocycles. The summed E-state index contributed by atoms with van der Waals surface area (Å²) in [6.45, 7) is 6.18. The number of nitrogens with zero attached hydrogens (tertiary/aromatic N) is 3. The number of allylic oxidation sites excluding steroid dienone is 1. The van der Waals surface area contributed by atoms with Gasteiger partial charge in [0.2, 0.25) is 0 Å². The third kappa shape index (κ3) is 3.46. The van der Waals surface area contributed by atoms with E-state index in [1.165, 1.54) is 6.07 Å². The van der Waals surface area contributed by atoms with Crippen LogP contribution in [0.25, 0.3) is 51.1 Å². The van der Waals surface area contributed by atoms with E-state index < -0.39 is 0 Å². The second-order valence-electron chi connectivity index (χ2n) is 7.72. The highest BCUT2D eigenvalue weighted by Gasteiger charge is 2.13. The number of aromatic nitrogens is 5. The first-order valence-electron chi connectivity index (χ1n) is 10.3. The molecule has 0 atom stereocenters. The third-order valence-corrected chi connectivity index (χ3v) is 5.57. The number of halogens is 1. The molecule has 2 N–H and O–H groups in total. The highest BCUT2D eigenvalue weighted by atomic mass is 19.1. The Hall–Kier alpha value is -4.19. The molecule has 0 amide bonds. The van der Waals surface area contributed by atoms with Gasteiger partial charge in [-0.05, 0) is 54.0 Å². The first-order chi connectivity index (χ1) is 15.5. The lowest BCUT2D eigenvalue weighted by Crippen LogP contribution is -2.23. The van der Waals surface area contributed by atoms with Gasteiger partial charge in [0.25, 0.3) is 0 Å². The van der Waals surface area contributed by atoms with Crippen LogP contribution in [-0.4, -0.2) is 25.0 Å². The second kappa shape index (κ2) is 7.81. The van der Waals surface area contributed by atoms with E-state index in [0.717, 1.165) is 55.1 Å². The normalized spacial score (nSPS) is 12.7. The van der Waals surface area contributed by atoms with Crippen LogP contribution >= 0.6 is 0 Å². The fourth-order valence-electron chi connectivity index (χ4n) is 3.97. The molecule has 0 spiro atoms. The van der Waals surface area contributed by atoms with Gasteiger partial charge in [-0.3, -0.25) is 9.78 Å². The zero-order valence-corrected chi connectivity index (χ0v) is 17.9. The van der Waals surface area contributed by atoms with E-state index in [0.29, 0.717) is 0 Å². The minimum absolute atomic E-state index is 0.253. The summed E-state index contributed by atoms with van der Waals surface area (Å²) in [6.07, 6.45) is 7.73. The van der Waals surface area contributed by atoms with Crippen molar-refractivity contribution in [2.75, 3.05) is 0 Å². The SMILES string of the molecule is C=C(/C=c1/c(-c2cc3c(-c4cccc(F)c4)cccc3[nH]2)n[nH]/c1=C/C)c1cnn(C)c1. The van der Waals surface area contributed by atoms with Crippen molar-refractivity contribution in [3.8, 4) is 22.5 Å². The monoisotopic (exact) mass is 423 g/mol. The van der Waals surface area contributed by atoms with Crippen LogP contribution in [0, 0.1) is 5.82 Å². The molecule has 5 nitrogen and oxygen atoms in total. The van der Waals surface area contributed by atoms with Gasteiger partial charge in [0.15, 0.2) is 0 Å². The van der Waals surface area contributed by atoms with Gasteiger partial charge in [-0.1, -0.05) is 36.9 Å². The second-order valence-corrected chi connectivity index (χ2v) is 7.72. The van der Waals surface area contributed by atoms with E-state index in [1.54, 1.807) is 23.0 Å². The molecule has 0 aliphatic heterocycles. The summed E-state index contributed by atoms with van der Waals surface area (Å²) in [7, 11) is 1.88. The summed E-state index contributed by atoms with van der Waals surface area (Å²) < 4.78 is 15.6. The van der Waals surface area contributed by atoms with Crippen LogP contribution in [0.1, 0.15) is 12.5 Å². The Morgan fingerprint density at radius 3 is 2.75 bits per heavy atom. The molecule has 2 aromatic carbocycles. The highest BCUT2D eigenvalue weighted by Crippen LogP contribution is 2.31. The Morgan fingerprint density at radius 2 is 2.00 bits per heavy atom. The lowest BCUT2D eigenvalue weighted by atomic mass is 10.0. The fourth-order valence-corrected chi connectivity index (χ4v) is 3.97. The minimum Gasteiger partial charge on any atom is -0.353 e. The Labute approximate surface area is 184 Å². The Balaban J connectivity index is 1.67. The summed E-state index contributed by atoms with van der Waals surface area (Å²) in [5.74, 6) is -0.253. The minimum atomic E-state index is -0.253. The summed E-state index contributed by atoms with van der Waals surface area (Å²) in [5, 5.41) is 14.8. The number of hydrogen-bond acceptors (Lipinski definition) is 2. The molecule has 0 fully saturated rings. The van der Waals surface area contributed by atoms with Crippen molar-refractivity contribution in [3.63, 3.8) is 0 Å². The van der Waals surface area contributed by atoms with Crippen LogP contribution in [0.3, 0.4) is 0 Å². The molecule has 0 unspecified atom stereocenters. The largest absolute Gasteiger partial charge is 0.353 e. The van der Waals surface area contributed by atoms with Crippen molar-refractivity contribution >= 4 is 28.6 Å². The molecule has 0 bridgehead atoms. The van der Waals surface area contributed by atoms with E-state index in [9.17, 15) is 4.39 Å². The van der Waals surface area contributed by atoms with Crippen molar-refractivity contribution in [3.05, 3.63) is 89.5 Å². The zero-order chi connectivity index (χ0) is 22.2. The van der Waals surface area contributed by atoms with E-state index >= 15 is 0 Å². The molecule has 0 radical (unpaired) electrons. The summed E-state index contributed by atoms with van der Waals surface area (Å²) in [5.41, 5.74) is 6.23. The molecule has 5 rings (SSSR count). The molecule has 32 heavy (non-hydrogen) atoms. The maximum Gasteiger partial charge on any atom is 0.123 e. The first-order valence-corrected chi connectivity index (χ1v) is 10.3. The van der Waals surface area contributed by atoms with E-state index in [-0.39, 0.29) is 5.82 Å². The highest BCUT2D eigenvalue weighted by molar-refractivity contribution is 5.98. The molecule has 0 aliphatic carbocycles. The van der Waals surface area contributed by atoms with Crippen molar-refractivity contribution in [2.24, 2.45) is 7.05 Å². The molecule has 158 valence electrons. The van der Waals surface area contributed by atoms with Gasteiger partial charge >= 0.3 is 0 Å². The van der Waals surface area contributed by atoms with Crippen molar-refractivity contribution in [1.29, 1.82) is 0 Å². The van der Waals surface area contributed by atoms with Gasteiger partial charge < -0.3 is 4.98 Å². The number of H-pyrrole nitrogens is 2. The molecular formula is C26H22FN5. The van der Waals surface area contributed by atoms with Crippen molar-refractivity contribution in [2.45, 2.75) is 6.92 Å². The molecule has 3 heterocycles. The number of fused-ring (bicyclic) bond motifs is 1. The molecule has 0 aliphatic rings. The average molecular weight is 423 g/mol. The third-order valence-electron chi connectivity index (χ3n) is 5.57. The van der Waals surface area contributed by atoms with E-state index in [1.807, 2.05) is 56.6 Å². The summed E-state index contributed by atoms with van der Waals surface area (Å²) >= 11 is 0. The van der Waals surface area contributed by atoms with Gasteiger partial charge in [0, 0.05) is 34.9 Å². The number of hydrogen-bond donors (Lipinski definition) is 2. The van der Waals surface area contributed by atoms with Crippen molar-refractivity contribution in [1.82, 2.24) is 25.0 Å². The summed E-state index contributed by atoms with van der Waals surface area (Å²) in [6, 6.07) is 14.7. The number of aromatic amines is 2. The number of nitrogens with one attached hydrogen (secondary N) is 2.